The fourth-order valence-electron chi connectivity index (χ4n) is 3.50. The van der Waals surface area contributed by atoms with E-state index in [1.807, 2.05) is 18.2 Å². The Bertz CT molecular complexity index is 927. The Labute approximate surface area is 156 Å². The number of aliphatic hydroxyl groups is 1. The number of benzene rings is 2. The number of β-amino-alcohol motifs (C(OH)–C–C–N with tert-alkyl or cyclic N) is 1. The molecule has 1 unspecified atom stereocenters. The van der Waals surface area contributed by atoms with Gasteiger partial charge in [0.1, 0.15) is 12.7 Å². The summed E-state index contributed by atoms with van der Waals surface area (Å²) in [5.74, 6) is -0.253. The van der Waals surface area contributed by atoms with E-state index in [1.54, 1.807) is 18.2 Å². The number of aromatic amines is 1. The van der Waals surface area contributed by atoms with Crippen molar-refractivity contribution in [3.8, 4) is 5.75 Å². The van der Waals surface area contributed by atoms with Gasteiger partial charge in [-0.2, -0.15) is 0 Å². The number of ether oxygens (including phenoxy) is 1. The van der Waals surface area contributed by atoms with Crippen molar-refractivity contribution in [1.82, 2.24) is 9.88 Å². The van der Waals surface area contributed by atoms with Gasteiger partial charge in [0, 0.05) is 47.7 Å². The predicted molar refractivity (Wildman–Crippen MR) is 100 cm³/mol. The quantitative estimate of drug-likeness (QED) is 0.715. The zero-order valence-corrected chi connectivity index (χ0v) is 15.0. The maximum absolute atomic E-state index is 13.6. The summed E-state index contributed by atoms with van der Waals surface area (Å²) < 4.78 is 19.0. The van der Waals surface area contributed by atoms with E-state index < -0.39 is 11.9 Å². The molecular weight excluding hydrogens is 355 g/mol. The van der Waals surface area contributed by atoms with Crippen LogP contribution < -0.4 is 4.74 Å². The number of H-pyrrole nitrogens is 1. The molecule has 0 saturated heterocycles. The van der Waals surface area contributed by atoms with E-state index in [2.05, 4.69) is 9.88 Å². The van der Waals surface area contributed by atoms with E-state index in [-0.39, 0.29) is 12.4 Å². The monoisotopic (exact) mass is 374 g/mol. The van der Waals surface area contributed by atoms with Crippen molar-refractivity contribution in [3.05, 3.63) is 64.6 Å². The van der Waals surface area contributed by atoms with Crippen molar-refractivity contribution in [2.45, 2.75) is 19.1 Å². The molecule has 3 aromatic rings. The smallest absolute Gasteiger partial charge is 0.165 e. The topological polar surface area (TPSA) is 48.5 Å². The van der Waals surface area contributed by atoms with Crippen molar-refractivity contribution in [1.29, 1.82) is 0 Å². The molecule has 0 saturated carbocycles. The molecule has 26 heavy (non-hydrogen) atoms. The van der Waals surface area contributed by atoms with Crippen LogP contribution in [0.25, 0.3) is 10.9 Å². The maximum atomic E-state index is 13.6. The Balaban J connectivity index is 1.40. The summed E-state index contributed by atoms with van der Waals surface area (Å²) in [6.07, 6.45) is 0.202. The molecule has 1 aromatic heterocycles. The average molecular weight is 375 g/mol. The van der Waals surface area contributed by atoms with Gasteiger partial charge in [-0.15, -0.1) is 0 Å². The van der Waals surface area contributed by atoms with Gasteiger partial charge < -0.3 is 14.8 Å². The molecular formula is C20H20ClFN2O2. The first-order valence-electron chi connectivity index (χ1n) is 8.67. The summed E-state index contributed by atoms with van der Waals surface area (Å²) in [6.45, 7) is 2.13. The number of aromatic nitrogens is 1. The first-order chi connectivity index (χ1) is 12.6. The molecule has 2 aromatic carbocycles. The van der Waals surface area contributed by atoms with Crippen LogP contribution in [-0.2, 0) is 13.0 Å². The van der Waals surface area contributed by atoms with Gasteiger partial charge in [-0.3, -0.25) is 4.90 Å². The molecule has 1 aliphatic rings. The molecule has 6 heteroatoms. The second-order valence-corrected chi connectivity index (χ2v) is 7.09. The molecule has 2 heterocycles. The summed E-state index contributed by atoms with van der Waals surface area (Å²) in [7, 11) is 0. The van der Waals surface area contributed by atoms with Crippen LogP contribution in [0, 0.1) is 5.82 Å². The minimum atomic E-state index is -0.690. The standard InChI is InChI=1S/C20H20ClFN2O2/c21-13-5-6-18-15(9-13)16-11-24(8-7-19(16)23-18)10-14(25)12-26-20-4-2-1-3-17(20)22/h1-6,9,14,23,25H,7-8,10-12H2. The molecule has 0 aliphatic carbocycles. The lowest BCUT2D eigenvalue weighted by Gasteiger charge is -2.29. The van der Waals surface area contributed by atoms with E-state index in [0.29, 0.717) is 6.54 Å². The maximum Gasteiger partial charge on any atom is 0.165 e. The molecule has 4 nitrogen and oxygen atoms in total. The van der Waals surface area contributed by atoms with E-state index >= 15 is 0 Å². The lowest BCUT2D eigenvalue weighted by Crippen LogP contribution is -2.38. The Morgan fingerprint density at radius 2 is 2.12 bits per heavy atom. The van der Waals surface area contributed by atoms with Gasteiger partial charge >= 0.3 is 0 Å². The normalized spacial score (nSPS) is 15.8. The van der Waals surface area contributed by atoms with Crippen molar-refractivity contribution in [2.75, 3.05) is 19.7 Å². The van der Waals surface area contributed by atoms with Gasteiger partial charge in [0.05, 0.1) is 0 Å². The fraction of sp³-hybridized carbons (Fsp3) is 0.300. The summed E-state index contributed by atoms with van der Waals surface area (Å²) in [4.78, 5) is 5.64. The Hall–Kier alpha value is -2.08. The highest BCUT2D eigenvalue weighted by molar-refractivity contribution is 6.31. The Morgan fingerprint density at radius 3 is 2.96 bits per heavy atom. The zero-order valence-electron chi connectivity index (χ0n) is 14.2. The zero-order chi connectivity index (χ0) is 18.1. The van der Waals surface area contributed by atoms with Crippen LogP contribution in [0.4, 0.5) is 4.39 Å². The summed E-state index contributed by atoms with van der Waals surface area (Å²) in [6, 6.07) is 12.1. The summed E-state index contributed by atoms with van der Waals surface area (Å²) in [5.41, 5.74) is 3.55. The number of halogens is 2. The second kappa shape index (κ2) is 7.27. The summed E-state index contributed by atoms with van der Waals surface area (Å²) >= 11 is 6.14. The van der Waals surface area contributed by atoms with Crippen LogP contribution in [0.3, 0.4) is 0 Å². The van der Waals surface area contributed by atoms with Gasteiger partial charge in [-0.1, -0.05) is 23.7 Å². The number of aliphatic hydroxyl groups excluding tert-OH is 1. The molecule has 0 spiro atoms. The van der Waals surface area contributed by atoms with E-state index in [4.69, 9.17) is 16.3 Å². The molecule has 2 N–H and O–H groups in total. The molecule has 1 atom stereocenters. The molecule has 0 amide bonds. The number of hydrogen-bond donors (Lipinski definition) is 2. The van der Waals surface area contributed by atoms with E-state index in [1.165, 1.54) is 17.3 Å². The van der Waals surface area contributed by atoms with Crippen molar-refractivity contribution in [2.24, 2.45) is 0 Å². The molecule has 1 aliphatic heterocycles. The van der Waals surface area contributed by atoms with Gasteiger partial charge in [0.25, 0.3) is 0 Å². The third-order valence-corrected chi connectivity index (χ3v) is 4.99. The largest absolute Gasteiger partial charge is 0.488 e. The number of fused-ring (bicyclic) bond motifs is 3. The highest BCUT2D eigenvalue weighted by Gasteiger charge is 2.22. The first-order valence-corrected chi connectivity index (χ1v) is 9.04. The predicted octanol–water partition coefficient (Wildman–Crippen LogP) is 3.76. The number of para-hydroxylation sites is 1. The molecule has 136 valence electrons. The third-order valence-electron chi connectivity index (χ3n) is 4.75. The lowest BCUT2D eigenvalue weighted by atomic mass is 10.0. The van der Waals surface area contributed by atoms with Gasteiger partial charge in [-0.25, -0.2) is 4.39 Å². The number of nitrogens with zero attached hydrogens (tertiary/aromatic N) is 1. The molecule has 0 fully saturated rings. The van der Waals surface area contributed by atoms with Crippen molar-refractivity contribution < 1.29 is 14.2 Å². The minimum absolute atomic E-state index is 0.0595. The molecule has 4 rings (SSSR count). The van der Waals surface area contributed by atoms with E-state index in [9.17, 15) is 9.50 Å². The van der Waals surface area contributed by atoms with Gasteiger partial charge in [0.2, 0.25) is 0 Å². The Morgan fingerprint density at radius 1 is 1.27 bits per heavy atom. The number of rotatable bonds is 5. The van der Waals surface area contributed by atoms with Crippen LogP contribution in [0.15, 0.2) is 42.5 Å². The van der Waals surface area contributed by atoms with Gasteiger partial charge in [0.15, 0.2) is 11.6 Å². The van der Waals surface area contributed by atoms with Crippen LogP contribution >= 0.6 is 11.6 Å². The van der Waals surface area contributed by atoms with Crippen molar-refractivity contribution in [3.63, 3.8) is 0 Å². The minimum Gasteiger partial charge on any atom is -0.488 e. The van der Waals surface area contributed by atoms with Crippen LogP contribution in [0.1, 0.15) is 11.3 Å². The first kappa shape index (κ1) is 17.3. The Kier molecular flexibility index (Phi) is 4.85. The van der Waals surface area contributed by atoms with E-state index in [0.717, 1.165) is 35.4 Å². The SMILES string of the molecule is OC(COc1ccccc1F)CN1CCc2[nH]c3ccc(Cl)cc3c2C1. The molecule has 0 radical (unpaired) electrons. The molecule has 0 bridgehead atoms. The highest BCUT2D eigenvalue weighted by Crippen LogP contribution is 2.29. The number of hydrogen-bond acceptors (Lipinski definition) is 3. The van der Waals surface area contributed by atoms with Gasteiger partial charge in [-0.05, 0) is 35.9 Å². The number of nitrogens with one attached hydrogen (secondary N) is 1. The van der Waals surface area contributed by atoms with Crippen LogP contribution in [0.2, 0.25) is 5.02 Å². The highest BCUT2D eigenvalue weighted by atomic mass is 35.5. The van der Waals surface area contributed by atoms with Crippen molar-refractivity contribution >= 4 is 22.5 Å². The van der Waals surface area contributed by atoms with Crippen LogP contribution in [-0.4, -0.2) is 40.8 Å². The fourth-order valence-corrected chi connectivity index (χ4v) is 3.67. The third kappa shape index (κ3) is 3.56. The average Bonchev–Trinajstić information content (AvgIpc) is 2.98. The summed E-state index contributed by atoms with van der Waals surface area (Å²) in [5, 5.41) is 12.1. The lowest BCUT2D eigenvalue weighted by molar-refractivity contribution is 0.0625. The van der Waals surface area contributed by atoms with Crippen LogP contribution in [0.5, 0.6) is 5.75 Å². The second-order valence-electron chi connectivity index (χ2n) is 6.65.